The second-order valence-corrected chi connectivity index (χ2v) is 6.24. The fourth-order valence-electron chi connectivity index (χ4n) is 3.69. The van der Waals surface area contributed by atoms with Crippen LogP contribution in [0.25, 0.3) is 10.8 Å². The molecule has 0 amide bonds. The first-order valence-electron chi connectivity index (χ1n) is 8.23. The third kappa shape index (κ3) is 2.70. The molecule has 0 N–H and O–H groups in total. The van der Waals surface area contributed by atoms with Gasteiger partial charge in [-0.2, -0.15) is 0 Å². The summed E-state index contributed by atoms with van der Waals surface area (Å²) in [5.74, 6) is 0.327. The molecule has 1 atom stereocenters. The molecular weight excluding hydrogens is 310 g/mol. The highest BCUT2D eigenvalue weighted by molar-refractivity contribution is 5.99. The van der Waals surface area contributed by atoms with E-state index >= 15 is 0 Å². The van der Waals surface area contributed by atoms with Crippen LogP contribution in [0, 0.1) is 16.0 Å². The van der Waals surface area contributed by atoms with E-state index in [0.29, 0.717) is 24.5 Å². The molecule has 1 aromatic heterocycles. The molecule has 7 nitrogen and oxygen atoms in total. The summed E-state index contributed by atoms with van der Waals surface area (Å²) >= 11 is 0. The van der Waals surface area contributed by atoms with Gasteiger partial charge in [0.05, 0.1) is 23.5 Å². The van der Waals surface area contributed by atoms with E-state index in [1.54, 1.807) is 18.5 Å². The molecule has 4 rings (SSSR count). The van der Waals surface area contributed by atoms with E-state index in [1.165, 1.54) is 0 Å². The Morgan fingerprint density at radius 2 is 2.04 bits per heavy atom. The zero-order valence-electron chi connectivity index (χ0n) is 13.3. The molecule has 2 aliphatic rings. The van der Waals surface area contributed by atoms with Crippen molar-refractivity contribution in [2.45, 2.75) is 19.1 Å². The van der Waals surface area contributed by atoms with Gasteiger partial charge in [0.1, 0.15) is 0 Å². The van der Waals surface area contributed by atoms with Crippen LogP contribution in [0.15, 0.2) is 30.6 Å². The molecule has 0 aliphatic carbocycles. The summed E-state index contributed by atoms with van der Waals surface area (Å²) < 4.78 is 11.3. The van der Waals surface area contributed by atoms with Gasteiger partial charge >= 0.3 is 0 Å². The molecule has 0 spiro atoms. The maximum atomic E-state index is 11.3. The van der Waals surface area contributed by atoms with Crippen LogP contribution in [0.3, 0.4) is 0 Å². The number of ether oxygens (including phenoxy) is 2. The fourth-order valence-corrected chi connectivity index (χ4v) is 3.69. The number of fused-ring (bicyclic) bond motifs is 1. The second kappa shape index (κ2) is 6.33. The predicted molar refractivity (Wildman–Crippen MR) is 89.0 cm³/mol. The lowest BCUT2D eigenvalue weighted by Gasteiger charge is -2.36. The first kappa shape index (κ1) is 15.3. The smallest absolute Gasteiger partial charge is 0.278 e. The van der Waals surface area contributed by atoms with Gasteiger partial charge in [0, 0.05) is 48.5 Å². The highest BCUT2D eigenvalue weighted by Gasteiger charge is 2.32. The van der Waals surface area contributed by atoms with E-state index in [2.05, 4.69) is 9.88 Å². The fraction of sp³-hybridized carbons (Fsp3) is 0.471. The average molecular weight is 329 g/mol. The van der Waals surface area contributed by atoms with Crippen molar-refractivity contribution in [2.24, 2.45) is 5.92 Å². The molecule has 2 saturated heterocycles. The summed E-state index contributed by atoms with van der Waals surface area (Å²) in [5, 5.41) is 12.7. The van der Waals surface area contributed by atoms with Crippen LogP contribution in [0.1, 0.15) is 12.8 Å². The molecule has 2 fully saturated rings. The molecule has 2 aromatic rings. The molecule has 0 unspecified atom stereocenters. The monoisotopic (exact) mass is 329 g/mol. The number of hydrogen-bond acceptors (Lipinski definition) is 6. The number of nitrogens with zero attached hydrogens (tertiary/aromatic N) is 3. The van der Waals surface area contributed by atoms with Crippen LogP contribution in [0.4, 0.5) is 11.4 Å². The maximum Gasteiger partial charge on any atom is 0.278 e. The minimum Gasteiger partial charge on any atom is -0.371 e. The Bertz CT molecular complexity index is 761. The number of anilines is 1. The number of nitro benzene ring substituents is 1. The maximum absolute atomic E-state index is 11.3. The Morgan fingerprint density at radius 1 is 1.21 bits per heavy atom. The summed E-state index contributed by atoms with van der Waals surface area (Å²) in [4.78, 5) is 17.2. The van der Waals surface area contributed by atoms with Crippen LogP contribution in [-0.4, -0.2) is 42.5 Å². The Balaban J connectivity index is 1.68. The zero-order valence-corrected chi connectivity index (χ0v) is 13.3. The first-order chi connectivity index (χ1) is 11.7. The quantitative estimate of drug-likeness (QED) is 0.636. The van der Waals surface area contributed by atoms with Crippen molar-refractivity contribution in [1.82, 2.24) is 4.98 Å². The van der Waals surface area contributed by atoms with E-state index in [-0.39, 0.29) is 16.9 Å². The lowest BCUT2D eigenvalue weighted by molar-refractivity contribution is -0.383. The van der Waals surface area contributed by atoms with Gasteiger partial charge in [0.25, 0.3) is 5.69 Å². The molecule has 3 heterocycles. The summed E-state index contributed by atoms with van der Waals surface area (Å²) in [6.07, 6.45) is 5.26. The molecule has 2 aliphatic heterocycles. The van der Waals surface area contributed by atoms with Crippen LogP contribution in [-0.2, 0) is 9.47 Å². The van der Waals surface area contributed by atoms with Crippen molar-refractivity contribution in [3.05, 3.63) is 40.7 Å². The molecule has 0 bridgehead atoms. The Labute approximate surface area is 139 Å². The average Bonchev–Trinajstić information content (AvgIpc) is 3.15. The predicted octanol–water partition coefficient (Wildman–Crippen LogP) is 2.73. The van der Waals surface area contributed by atoms with Crippen molar-refractivity contribution in [1.29, 1.82) is 0 Å². The lowest BCUT2D eigenvalue weighted by Crippen LogP contribution is -2.40. The van der Waals surface area contributed by atoms with Crippen LogP contribution < -0.4 is 4.90 Å². The number of hydrogen-bond donors (Lipinski definition) is 0. The van der Waals surface area contributed by atoms with Gasteiger partial charge < -0.3 is 14.4 Å². The second-order valence-electron chi connectivity index (χ2n) is 6.24. The number of rotatable bonds is 3. The van der Waals surface area contributed by atoms with Crippen molar-refractivity contribution >= 4 is 22.1 Å². The summed E-state index contributed by atoms with van der Waals surface area (Å²) in [6.45, 7) is 3.08. The van der Waals surface area contributed by atoms with E-state index in [9.17, 15) is 10.1 Å². The number of aromatic nitrogens is 1. The Kier molecular flexibility index (Phi) is 4.03. The number of nitro groups is 1. The van der Waals surface area contributed by atoms with Crippen LogP contribution in [0.2, 0.25) is 0 Å². The highest BCUT2D eigenvalue weighted by atomic mass is 16.7. The zero-order chi connectivity index (χ0) is 16.5. The van der Waals surface area contributed by atoms with Crippen molar-refractivity contribution in [2.75, 3.05) is 31.2 Å². The molecule has 24 heavy (non-hydrogen) atoms. The number of non-ortho nitro benzene ring substituents is 1. The van der Waals surface area contributed by atoms with Gasteiger partial charge in [0.15, 0.2) is 6.29 Å². The Hall–Kier alpha value is -2.25. The van der Waals surface area contributed by atoms with Gasteiger partial charge in [-0.3, -0.25) is 15.1 Å². The topological polar surface area (TPSA) is 77.7 Å². The number of benzene rings is 1. The van der Waals surface area contributed by atoms with Gasteiger partial charge in [-0.15, -0.1) is 0 Å². The Morgan fingerprint density at radius 3 is 2.83 bits per heavy atom. The summed E-state index contributed by atoms with van der Waals surface area (Å²) in [5.41, 5.74) is 1.11. The molecule has 1 aromatic carbocycles. The van der Waals surface area contributed by atoms with Crippen molar-refractivity contribution in [3.63, 3.8) is 0 Å². The SMILES string of the molecule is O=[N+]([O-])c1ccc(N2CCC[C@H](C3OCCO3)C2)c2ccncc12. The summed E-state index contributed by atoms with van der Waals surface area (Å²) in [7, 11) is 0. The van der Waals surface area contributed by atoms with E-state index in [0.717, 1.165) is 37.0 Å². The number of pyridine rings is 1. The van der Waals surface area contributed by atoms with E-state index in [4.69, 9.17) is 9.47 Å². The molecule has 0 radical (unpaired) electrons. The highest BCUT2D eigenvalue weighted by Crippen LogP contribution is 2.36. The largest absolute Gasteiger partial charge is 0.371 e. The standard InChI is InChI=1S/C17H19N3O4/c21-20(22)16-4-3-15(13-5-6-18-10-14(13)16)19-7-1-2-12(11-19)17-23-8-9-24-17/h3-6,10,12,17H,1-2,7-9,11H2/t12-/m0/s1. The minimum atomic E-state index is -0.354. The van der Waals surface area contributed by atoms with E-state index in [1.807, 2.05) is 12.1 Å². The normalized spacial score (nSPS) is 22.2. The van der Waals surface area contributed by atoms with Crippen LogP contribution in [0.5, 0.6) is 0 Å². The van der Waals surface area contributed by atoms with E-state index < -0.39 is 0 Å². The van der Waals surface area contributed by atoms with Gasteiger partial charge in [-0.1, -0.05) is 0 Å². The van der Waals surface area contributed by atoms with Crippen molar-refractivity contribution in [3.8, 4) is 0 Å². The third-order valence-corrected chi connectivity index (χ3v) is 4.80. The first-order valence-corrected chi connectivity index (χ1v) is 8.23. The van der Waals surface area contributed by atoms with Crippen molar-refractivity contribution < 1.29 is 14.4 Å². The molecule has 126 valence electrons. The van der Waals surface area contributed by atoms with Gasteiger partial charge in [-0.25, -0.2) is 0 Å². The van der Waals surface area contributed by atoms with Crippen LogP contribution >= 0.6 is 0 Å². The van der Waals surface area contributed by atoms with Gasteiger partial charge in [0.2, 0.25) is 0 Å². The third-order valence-electron chi connectivity index (χ3n) is 4.80. The lowest BCUT2D eigenvalue weighted by atomic mass is 9.96. The minimum absolute atomic E-state index is 0.0952. The summed E-state index contributed by atoms with van der Waals surface area (Å²) in [6, 6.07) is 5.27. The molecule has 0 saturated carbocycles. The molecular formula is C17H19N3O4. The molecule has 7 heteroatoms. The van der Waals surface area contributed by atoms with Gasteiger partial charge in [-0.05, 0) is 25.0 Å². The number of piperidine rings is 1.